The second-order valence-corrected chi connectivity index (χ2v) is 9.23. The van der Waals surface area contributed by atoms with Crippen molar-refractivity contribution in [2.24, 2.45) is 5.92 Å². The minimum absolute atomic E-state index is 0.0350. The van der Waals surface area contributed by atoms with E-state index in [2.05, 4.69) is 15.9 Å². The molecule has 2 aliphatic rings. The van der Waals surface area contributed by atoms with E-state index >= 15 is 0 Å². The van der Waals surface area contributed by atoms with Crippen LogP contribution in [0.1, 0.15) is 25.5 Å². The monoisotopic (exact) mass is 552 g/mol. The number of ether oxygens (including phenoxy) is 2. The molecule has 1 N–H and O–H groups in total. The Kier molecular flexibility index (Phi) is 6.59. The molecule has 186 valence electrons. The highest BCUT2D eigenvalue weighted by molar-refractivity contribution is 9.10. The molecule has 2 aliphatic heterocycles. The van der Waals surface area contributed by atoms with Crippen molar-refractivity contribution >= 4 is 39.1 Å². The first-order valence-electron chi connectivity index (χ1n) is 11.7. The molecular formula is C27H25BrN2O6. The van der Waals surface area contributed by atoms with Crippen molar-refractivity contribution in [1.82, 2.24) is 0 Å². The average Bonchev–Trinajstić information content (AvgIpc) is 3.39. The summed E-state index contributed by atoms with van der Waals surface area (Å²) in [6.45, 7) is 4.57. The Balaban J connectivity index is 1.57. The Hall–Kier alpha value is -3.56. The maximum absolute atomic E-state index is 13.8. The van der Waals surface area contributed by atoms with Crippen LogP contribution in [0.4, 0.5) is 11.4 Å². The van der Waals surface area contributed by atoms with Gasteiger partial charge in [0, 0.05) is 0 Å². The van der Waals surface area contributed by atoms with Crippen LogP contribution in [0.15, 0.2) is 71.2 Å². The Morgan fingerprint density at radius 3 is 2.28 bits per heavy atom. The van der Waals surface area contributed by atoms with Gasteiger partial charge in [-0.25, -0.2) is 9.96 Å². The van der Waals surface area contributed by atoms with E-state index in [1.54, 1.807) is 41.5 Å². The number of carbonyl (C=O) groups excluding carboxylic acids is 2. The van der Waals surface area contributed by atoms with Gasteiger partial charge >= 0.3 is 0 Å². The zero-order valence-electron chi connectivity index (χ0n) is 19.8. The highest BCUT2D eigenvalue weighted by atomic mass is 79.9. The Morgan fingerprint density at radius 1 is 0.917 bits per heavy atom. The predicted molar refractivity (Wildman–Crippen MR) is 137 cm³/mol. The number of aromatic hydroxyl groups is 1. The van der Waals surface area contributed by atoms with Crippen LogP contribution in [0.2, 0.25) is 0 Å². The molecule has 0 unspecified atom stereocenters. The van der Waals surface area contributed by atoms with Crippen molar-refractivity contribution in [2.45, 2.75) is 26.0 Å². The molecule has 0 aliphatic carbocycles. The number of benzene rings is 3. The number of para-hydroxylation sites is 1. The molecule has 8 nitrogen and oxygen atoms in total. The van der Waals surface area contributed by atoms with Gasteiger partial charge in [-0.2, -0.15) is 0 Å². The highest BCUT2D eigenvalue weighted by Gasteiger charge is 2.60. The number of phenols is 1. The quantitative estimate of drug-likeness (QED) is 0.412. The zero-order chi connectivity index (χ0) is 25.4. The molecule has 2 fully saturated rings. The molecule has 2 amide bonds. The van der Waals surface area contributed by atoms with Crippen molar-refractivity contribution in [1.29, 1.82) is 0 Å². The van der Waals surface area contributed by atoms with Gasteiger partial charge in [0.2, 0.25) is 5.91 Å². The molecular weight excluding hydrogens is 528 g/mol. The SMILES string of the molecule is CCOc1ccc(N2C(=O)[C@@H]3[C@@H](ON(c4ccccc4)[C@H]3c3cc(Br)c(O)c(OCC)c3)C2=O)cc1. The summed E-state index contributed by atoms with van der Waals surface area (Å²) in [4.78, 5) is 34.7. The van der Waals surface area contributed by atoms with Crippen LogP contribution >= 0.6 is 15.9 Å². The summed E-state index contributed by atoms with van der Waals surface area (Å²) in [5.41, 5.74) is 1.82. The summed E-state index contributed by atoms with van der Waals surface area (Å²) < 4.78 is 11.5. The van der Waals surface area contributed by atoms with Gasteiger partial charge in [0.1, 0.15) is 11.7 Å². The summed E-state index contributed by atoms with van der Waals surface area (Å²) in [6.07, 6.45) is -1.00. The summed E-state index contributed by atoms with van der Waals surface area (Å²) in [5.74, 6) is -0.705. The van der Waals surface area contributed by atoms with Gasteiger partial charge in [-0.3, -0.25) is 14.4 Å². The lowest BCUT2D eigenvalue weighted by molar-refractivity contribution is -0.126. The second kappa shape index (κ2) is 9.83. The van der Waals surface area contributed by atoms with Gasteiger partial charge < -0.3 is 14.6 Å². The van der Waals surface area contributed by atoms with Crippen LogP contribution in [0.3, 0.4) is 0 Å². The van der Waals surface area contributed by atoms with E-state index in [1.807, 2.05) is 44.2 Å². The van der Waals surface area contributed by atoms with Crippen LogP contribution in [0.5, 0.6) is 17.2 Å². The van der Waals surface area contributed by atoms with Crippen molar-refractivity contribution in [3.8, 4) is 17.2 Å². The van der Waals surface area contributed by atoms with Crippen molar-refractivity contribution < 1.29 is 29.0 Å². The second-order valence-electron chi connectivity index (χ2n) is 8.38. The summed E-state index contributed by atoms with van der Waals surface area (Å²) in [6, 6.07) is 18.9. The van der Waals surface area contributed by atoms with Gasteiger partial charge in [0.05, 0.1) is 35.1 Å². The van der Waals surface area contributed by atoms with E-state index in [-0.39, 0.29) is 17.4 Å². The maximum atomic E-state index is 13.8. The van der Waals surface area contributed by atoms with Crippen LogP contribution in [0, 0.1) is 5.92 Å². The molecule has 9 heteroatoms. The van der Waals surface area contributed by atoms with E-state index < -0.39 is 24.0 Å². The summed E-state index contributed by atoms with van der Waals surface area (Å²) >= 11 is 3.39. The molecule has 3 atom stereocenters. The third-order valence-electron chi connectivity index (χ3n) is 6.22. The van der Waals surface area contributed by atoms with E-state index in [4.69, 9.17) is 14.3 Å². The standard InChI is InChI=1S/C27H25BrN2O6/c1-3-34-19-12-10-17(11-13-19)29-26(32)22-23(16-14-20(28)24(31)21(15-16)35-4-2)30(36-25(22)27(29)33)18-8-6-5-7-9-18/h5-15,22-23,25,31H,3-4H2,1-2H3/t22-,23-,25+/m0/s1. The number of phenolic OH excluding ortho intramolecular Hbond substituents is 1. The fraction of sp³-hybridized carbons (Fsp3) is 0.259. The highest BCUT2D eigenvalue weighted by Crippen LogP contribution is 2.49. The number of hydrogen-bond acceptors (Lipinski definition) is 7. The fourth-order valence-corrected chi connectivity index (χ4v) is 5.15. The topological polar surface area (TPSA) is 88.5 Å². The molecule has 2 heterocycles. The summed E-state index contributed by atoms with van der Waals surface area (Å²) in [5, 5.41) is 12.1. The third kappa shape index (κ3) is 4.08. The van der Waals surface area contributed by atoms with Gasteiger partial charge in [-0.05, 0) is 83.9 Å². The van der Waals surface area contributed by atoms with Crippen molar-refractivity contribution in [2.75, 3.05) is 23.2 Å². The number of rotatable bonds is 7. The molecule has 3 aromatic carbocycles. The summed E-state index contributed by atoms with van der Waals surface area (Å²) in [7, 11) is 0. The third-order valence-corrected chi connectivity index (χ3v) is 6.83. The van der Waals surface area contributed by atoms with E-state index in [0.717, 1.165) is 0 Å². The number of hydrogen-bond donors (Lipinski definition) is 1. The zero-order valence-corrected chi connectivity index (χ0v) is 21.3. The lowest BCUT2D eigenvalue weighted by Gasteiger charge is -2.29. The van der Waals surface area contributed by atoms with E-state index in [1.165, 1.54) is 4.90 Å². The van der Waals surface area contributed by atoms with Crippen LogP contribution in [-0.4, -0.2) is 36.2 Å². The number of imide groups is 1. The molecule has 0 spiro atoms. The van der Waals surface area contributed by atoms with Gasteiger partial charge in [-0.1, -0.05) is 18.2 Å². The number of halogens is 1. The Labute approximate surface area is 217 Å². The minimum Gasteiger partial charge on any atom is -0.503 e. The molecule has 36 heavy (non-hydrogen) atoms. The van der Waals surface area contributed by atoms with Crippen molar-refractivity contribution in [3.05, 3.63) is 76.8 Å². The first-order valence-corrected chi connectivity index (χ1v) is 12.5. The number of anilines is 2. The normalized spacial score (nSPS) is 21.1. The first kappa shape index (κ1) is 24.1. The number of fused-ring (bicyclic) bond motifs is 1. The molecule has 0 radical (unpaired) electrons. The lowest BCUT2D eigenvalue weighted by Crippen LogP contribution is -2.37. The van der Waals surface area contributed by atoms with Crippen LogP contribution in [0.25, 0.3) is 0 Å². The maximum Gasteiger partial charge on any atom is 0.266 e. The minimum atomic E-state index is -1.00. The first-order chi connectivity index (χ1) is 17.4. The van der Waals surface area contributed by atoms with Gasteiger partial charge in [0.15, 0.2) is 17.6 Å². The number of nitrogens with zero attached hydrogens (tertiary/aromatic N) is 2. The molecule has 2 saturated heterocycles. The Bertz CT molecular complexity index is 1280. The Morgan fingerprint density at radius 2 is 1.61 bits per heavy atom. The molecule has 3 aromatic rings. The van der Waals surface area contributed by atoms with Gasteiger partial charge in [0.25, 0.3) is 5.91 Å². The number of hydroxylamine groups is 1. The molecule has 5 rings (SSSR count). The molecule has 0 aromatic heterocycles. The molecule has 0 bridgehead atoms. The fourth-order valence-electron chi connectivity index (χ4n) is 4.69. The smallest absolute Gasteiger partial charge is 0.266 e. The predicted octanol–water partition coefficient (Wildman–Crippen LogP) is 5.00. The van der Waals surface area contributed by atoms with Crippen LogP contribution < -0.4 is 19.4 Å². The van der Waals surface area contributed by atoms with E-state index in [0.29, 0.717) is 40.4 Å². The number of amides is 2. The van der Waals surface area contributed by atoms with Gasteiger partial charge in [-0.15, -0.1) is 0 Å². The average molecular weight is 553 g/mol. The number of carbonyl (C=O) groups is 2. The van der Waals surface area contributed by atoms with E-state index in [9.17, 15) is 14.7 Å². The van der Waals surface area contributed by atoms with Crippen LogP contribution in [-0.2, 0) is 14.4 Å². The lowest BCUT2D eigenvalue weighted by atomic mass is 9.90. The molecule has 0 saturated carbocycles. The largest absolute Gasteiger partial charge is 0.503 e. The van der Waals surface area contributed by atoms with Crippen molar-refractivity contribution in [3.63, 3.8) is 0 Å².